The highest BCUT2D eigenvalue weighted by molar-refractivity contribution is 6.36. The molecule has 0 N–H and O–H groups in total. The van der Waals surface area contributed by atoms with Gasteiger partial charge in [0.05, 0.1) is 0 Å². The number of rotatable bonds is 6. The number of hydrogen-bond donors (Lipinski definition) is 0. The van der Waals surface area contributed by atoms with E-state index in [0.717, 1.165) is 0 Å². The van der Waals surface area contributed by atoms with Crippen LogP contribution in [0.15, 0.2) is 231 Å². The summed E-state index contributed by atoms with van der Waals surface area (Å²) in [4.78, 5) is 0. The van der Waals surface area contributed by atoms with Crippen molar-refractivity contribution in [3.8, 4) is 111 Å². The first-order chi connectivity index (χ1) is 41.2. The molecule has 0 heterocycles. The molecule has 0 atom stereocenters. The average molecular weight is 1110 g/mol. The molecule has 0 saturated carbocycles. The average Bonchev–Trinajstić information content (AvgIpc) is 1.49. The van der Waals surface area contributed by atoms with E-state index in [-0.39, 0.29) is 21.7 Å². The predicted molar refractivity (Wildman–Crippen MR) is 373 cm³/mol. The van der Waals surface area contributed by atoms with Crippen molar-refractivity contribution in [1.29, 1.82) is 0 Å². The van der Waals surface area contributed by atoms with E-state index >= 15 is 0 Å². The van der Waals surface area contributed by atoms with Gasteiger partial charge in [-0.05, 0) is 223 Å². The molecule has 86 heavy (non-hydrogen) atoms. The molecule has 0 amide bonds. The Labute approximate surface area is 508 Å². The highest BCUT2D eigenvalue weighted by atomic mass is 14.4. The van der Waals surface area contributed by atoms with E-state index in [1.807, 2.05) is 0 Å². The summed E-state index contributed by atoms with van der Waals surface area (Å²) >= 11 is 0. The lowest BCUT2D eigenvalue weighted by Gasteiger charge is -2.29. The Morgan fingerprint density at radius 1 is 0.186 bits per heavy atom. The van der Waals surface area contributed by atoms with E-state index < -0.39 is 0 Å². The molecule has 0 aliphatic heterocycles. The van der Waals surface area contributed by atoms with Crippen molar-refractivity contribution in [1.82, 2.24) is 0 Å². The lowest BCUT2D eigenvalue weighted by Crippen LogP contribution is -2.17. The van der Waals surface area contributed by atoms with Crippen LogP contribution in [-0.2, 0) is 21.7 Å². The normalized spacial score (nSPS) is 12.9. The van der Waals surface area contributed by atoms with Gasteiger partial charge in [0.25, 0.3) is 0 Å². The van der Waals surface area contributed by atoms with Crippen LogP contribution in [0.5, 0.6) is 0 Å². The van der Waals surface area contributed by atoms with Crippen LogP contribution in [0.25, 0.3) is 154 Å². The van der Waals surface area contributed by atoms with Crippen molar-refractivity contribution in [2.75, 3.05) is 0 Å². The Morgan fingerprint density at radius 3 is 0.860 bits per heavy atom. The standard InChI is InChI=1S/C86H74/c1-83(2,3)59-42-57(43-60(48-59)84(4,5)6)75-71-47-56-41-55(51-27-17-13-18-28-51)46-69(52-29-19-14-20-30-52)70(56)50-72(71)76(58-44-61(85(7,8)9)49-62(45-58)86(10,11)12)82-68-40-38-66-77-65(37-39-67(78(68)77)81(75)82)79-73(53-31-21-15-22-32-53)63-35-25-26-36-64(63)74(80(66)79)54-33-23-16-24-34-54/h13-50H,1-12H3. The molecule has 0 saturated heterocycles. The zero-order valence-electron chi connectivity index (χ0n) is 51.9. The Hall–Kier alpha value is -9.10. The van der Waals surface area contributed by atoms with Crippen LogP contribution in [0.1, 0.15) is 105 Å². The Kier molecular flexibility index (Phi) is 12.0. The first-order valence-electron chi connectivity index (χ1n) is 31.1. The molecule has 0 nitrogen and oxygen atoms in total. The van der Waals surface area contributed by atoms with Gasteiger partial charge in [-0.2, -0.15) is 0 Å². The predicted octanol–water partition coefficient (Wildman–Crippen LogP) is 24.8. The third kappa shape index (κ3) is 8.46. The SMILES string of the molecule is CC(C)(C)c1cc(-c2c3c(c(-c4cc(C(C)(C)C)cc(C(C)(C)C)c4)c4cc5c(-c6ccccc6)cc(-c6ccccc6)cc5cc24)-c2ccc4c5c(ccc-3c25)-c2c-4c(-c3ccccc3)c3ccccc3c2-c2ccccc2)cc(C(C)(C)C)c1. The van der Waals surface area contributed by atoms with Crippen LogP contribution in [-0.4, -0.2) is 0 Å². The van der Waals surface area contributed by atoms with Gasteiger partial charge in [0, 0.05) is 0 Å². The van der Waals surface area contributed by atoms with E-state index in [1.165, 1.54) is 177 Å². The maximum Gasteiger partial charge on any atom is -0.000740 e. The lowest BCUT2D eigenvalue weighted by molar-refractivity contribution is 0.568. The van der Waals surface area contributed by atoms with Crippen LogP contribution in [0, 0.1) is 0 Å². The van der Waals surface area contributed by atoms with Crippen LogP contribution < -0.4 is 0 Å². The molecule has 13 aromatic rings. The van der Waals surface area contributed by atoms with Crippen molar-refractivity contribution in [2.45, 2.75) is 105 Å². The van der Waals surface area contributed by atoms with E-state index in [2.05, 4.69) is 314 Å². The van der Waals surface area contributed by atoms with Crippen molar-refractivity contribution in [3.05, 3.63) is 253 Å². The van der Waals surface area contributed by atoms with Crippen molar-refractivity contribution < 1.29 is 0 Å². The van der Waals surface area contributed by atoms with Gasteiger partial charge in [-0.3, -0.25) is 0 Å². The van der Waals surface area contributed by atoms with Crippen molar-refractivity contribution in [2.24, 2.45) is 0 Å². The molecule has 15 rings (SSSR count). The Morgan fingerprint density at radius 2 is 0.500 bits per heavy atom. The van der Waals surface area contributed by atoms with Crippen LogP contribution in [0.2, 0.25) is 0 Å². The summed E-state index contributed by atoms with van der Waals surface area (Å²) < 4.78 is 0. The topological polar surface area (TPSA) is 0 Å². The van der Waals surface area contributed by atoms with Crippen molar-refractivity contribution in [3.63, 3.8) is 0 Å². The monoisotopic (exact) mass is 1110 g/mol. The number of hydrogen-bond acceptors (Lipinski definition) is 0. The summed E-state index contributed by atoms with van der Waals surface area (Å²) in [7, 11) is 0. The molecule has 0 bridgehead atoms. The Bertz CT molecular complexity index is 4790. The fourth-order valence-corrected chi connectivity index (χ4v) is 14.5. The van der Waals surface area contributed by atoms with Crippen LogP contribution in [0.4, 0.5) is 0 Å². The van der Waals surface area contributed by atoms with Crippen LogP contribution in [0.3, 0.4) is 0 Å². The zero-order valence-corrected chi connectivity index (χ0v) is 51.9. The van der Waals surface area contributed by atoms with Crippen molar-refractivity contribution >= 4 is 43.1 Å². The van der Waals surface area contributed by atoms with Gasteiger partial charge in [-0.15, -0.1) is 0 Å². The molecule has 0 spiro atoms. The number of fused-ring (bicyclic) bond motifs is 9. The number of benzene rings is 13. The van der Waals surface area contributed by atoms with Gasteiger partial charge in [0.15, 0.2) is 0 Å². The first-order valence-corrected chi connectivity index (χ1v) is 31.1. The molecule has 418 valence electrons. The quantitative estimate of drug-likeness (QED) is 0.146. The Balaban J connectivity index is 1.17. The van der Waals surface area contributed by atoms with E-state index in [1.54, 1.807) is 0 Å². The van der Waals surface area contributed by atoms with Gasteiger partial charge in [0.1, 0.15) is 0 Å². The van der Waals surface area contributed by atoms with Gasteiger partial charge in [0.2, 0.25) is 0 Å². The van der Waals surface area contributed by atoms with E-state index in [4.69, 9.17) is 0 Å². The third-order valence-electron chi connectivity index (χ3n) is 19.1. The second-order valence-electron chi connectivity index (χ2n) is 28.8. The molecule has 13 aromatic carbocycles. The maximum absolute atomic E-state index is 2.61. The smallest absolute Gasteiger partial charge is 0.000740 e. The summed E-state index contributed by atoms with van der Waals surface area (Å²) in [6, 6.07) is 89.0. The zero-order chi connectivity index (χ0) is 59.3. The lowest BCUT2D eigenvalue weighted by atomic mass is 9.75. The minimum absolute atomic E-state index is 0.110. The summed E-state index contributed by atoms with van der Waals surface area (Å²) in [6.07, 6.45) is 0. The summed E-state index contributed by atoms with van der Waals surface area (Å²) in [5, 5.41) is 10.3. The fraction of sp³-hybridized carbons (Fsp3) is 0.186. The van der Waals surface area contributed by atoms with E-state index in [9.17, 15) is 0 Å². The minimum Gasteiger partial charge on any atom is -0.0622 e. The maximum atomic E-state index is 2.61. The highest BCUT2D eigenvalue weighted by Gasteiger charge is 2.38. The highest BCUT2D eigenvalue weighted by Crippen LogP contribution is 2.65. The molecule has 2 aliphatic rings. The van der Waals surface area contributed by atoms with Crippen LogP contribution >= 0.6 is 0 Å². The molecular formula is C86H74. The molecule has 2 aliphatic carbocycles. The van der Waals surface area contributed by atoms with E-state index in [0.29, 0.717) is 0 Å². The molecular weight excluding hydrogens is 1030 g/mol. The summed E-state index contributed by atoms with van der Waals surface area (Å²) in [5.74, 6) is 0. The van der Waals surface area contributed by atoms with Gasteiger partial charge in [-0.25, -0.2) is 0 Å². The molecule has 0 aromatic heterocycles. The molecule has 0 heteroatoms. The second-order valence-corrected chi connectivity index (χ2v) is 28.8. The van der Waals surface area contributed by atoms with Gasteiger partial charge in [-0.1, -0.05) is 289 Å². The third-order valence-corrected chi connectivity index (χ3v) is 19.1. The fourth-order valence-electron chi connectivity index (χ4n) is 14.5. The molecule has 0 fully saturated rings. The minimum atomic E-state index is -0.111. The molecule has 0 radical (unpaired) electrons. The second kappa shape index (κ2) is 19.2. The summed E-state index contributed by atoms with van der Waals surface area (Å²) in [5.41, 5.74) is 30.5. The largest absolute Gasteiger partial charge is 0.0622 e. The first kappa shape index (κ1) is 53.6. The molecule has 0 unspecified atom stereocenters. The van der Waals surface area contributed by atoms with Gasteiger partial charge >= 0.3 is 0 Å². The van der Waals surface area contributed by atoms with Gasteiger partial charge < -0.3 is 0 Å². The summed E-state index contributed by atoms with van der Waals surface area (Å²) in [6.45, 7) is 28.6.